The molecule has 4 aromatic rings. The number of fused-ring (bicyclic) bond motifs is 1. The van der Waals surface area contributed by atoms with Gasteiger partial charge in [-0.3, -0.25) is 23.5 Å². The van der Waals surface area contributed by atoms with Gasteiger partial charge in [0, 0.05) is 31.3 Å². The van der Waals surface area contributed by atoms with Gasteiger partial charge in [0.25, 0.3) is 5.56 Å². The van der Waals surface area contributed by atoms with Crippen LogP contribution in [0.2, 0.25) is 0 Å². The molecule has 2 N–H and O–H groups in total. The SMILES string of the molecule is COc1cccc(NC(=O)Cn2c(=O)n(CCCC(=O)NCc3ccc(C)cc3)c(=O)c3ccccc32)c1. The largest absolute Gasteiger partial charge is 0.497 e. The summed E-state index contributed by atoms with van der Waals surface area (Å²) in [7, 11) is 1.53. The van der Waals surface area contributed by atoms with Gasteiger partial charge in [0.05, 0.1) is 18.0 Å². The number of para-hydroxylation sites is 1. The van der Waals surface area contributed by atoms with Gasteiger partial charge in [0.1, 0.15) is 12.3 Å². The molecule has 3 aromatic carbocycles. The minimum Gasteiger partial charge on any atom is -0.497 e. The number of amides is 2. The van der Waals surface area contributed by atoms with E-state index in [0.29, 0.717) is 35.3 Å². The second-order valence-electron chi connectivity index (χ2n) is 8.99. The first kappa shape index (κ1) is 26.4. The van der Waals surface area contributed by atoms with E-state index in [9.17, 15) is 19.2 Å². The van der Waals surface area contributed by atoms with Crippen LogP contribution in [-0.4, -0.2) is 28.1 Å². The van der Waals surface area contributed by atoms with Crippen LogP contribution in [0.15, 0.2) is 82.4 Å². The van der Waals surface area contributed by atoms with Crippen LogP contribution in [0.4, 0.5) is 5.69 Å². The highest BCUT2D eigenvalue weighted by Crippen LogP contribution is 2.17. The van der Waals surface area contributed by atoms with E-state index in [1.54, 1.807) is 48.5 Å². The van der Waals surface area contributed by atoms with Crippen LogP contribution in [0.25, 0.3) is 10.9 Å². The van der Waals surface area contributed by atoms with Crippen LogP contribution in [0.3, 0.4) is 0 Å². The van der Waals surface area contributed by atoms with Crippen molar-refractivity contribution in [3.05, 3.63) is 105 Å². The number of nitrogens with one attached hydrogen (secondary N) is 2. The van der Waals surface area contributed by atoms with E-state index in [1.165, 1.54) is 11.7 Å². The molecule has 0 saturated heterocycles. The number of aromatic nitrogens is 2. The van der Waals surface area contributed by atoms with Gasteiger partial charge in [0.2, 0.25) is 11.8 Å². The molecule has 0 saturated carbocycles. The van der Waals surface area contributed by atoms with Crippen LogP contribution >= 0.6 is 0 Å². The molecule has 0 aliphatic rings. The number of carbonyl (C=O) groups excluding carboxylic acids is 2. The van der Waals surface area contributed by atoms with E-state index in [4.69, 9.17) is 4.74 Å². The van der Waals surface area contributed by atoms with Crippen molar-refractivity contribution in [2.75, 3.05) is 12.4 Å². The van der Waals surface area contributed by atoms with Gasteiger partial charge < -0.3 is 15.4 Å². The van der Waals surface area contributed by atoms with E-state index in [-0.39, 0.29) is 25.4 Å². The Morgan fingerprint density at radius 3 is 2.42 bits per heavy atom. The Bertz CT molecular complexity index is 1570. The number of nitrogens with zero attached hydrogens (tertiary/aromatic N) is 2. The number of anilines is 1. The maximum atomic E-state index is 13.3. The second kappa shape index (κ2) is 12.1. The van der Waals surface area contributed by atoms with Gasteiger partial charge >= 0.3 is 5.69 Å². The predicted molar refractivity (Wildman–Crippen MR) is 146 cm³/mol. The van der Waals surface area contributed by atoms with Crippen LogP contribution < -0.4 is 26.6 Å². The lowest BCUT2D eigenvalue weighted by Crippen LogP contribution is -2.42. The average Bonchev–Trinajstić information content (AvgIpc) is 2.92. The van der Waals surface area contributed by atoms with Gasteiger partial charge in [-0.05, 0) is 43.2 Å². The summed E-state index contributed by atoms with van der Waals surface area (Å²) in [5.74, 6) is -0.00883. The molecule has 0 unspecified atom stereocenters. The topological polar surface area (TPSA) is 111 Å². The van der Waals surface area contributed by atoms with Crippen molar-refractivity contribution in [2.24, 2.45) is 0 Å². The smallest absolute Gasteiger partial charge is 0.331 e. The zero-order valence-electron chi connectivity index (χ0n) is 21.4. The van der Waals surface area contributed by atoms with Gasteiger partial charge in [-0.2, -0.15) is 0 Å². The monoisotopic (exact) mass is 514 g/mol. The van der Waals surface area contributed by atoms with Crippen molar-refractivity contribution in [3.8, 4) is 5.75 Å². The van der Waals surface area contributed by atoms with Gasteiger partial charge in [-0.25, -0.2) is 4.79 Å². The third-order valence-corrected chi connectivity index (χ3v) is 6.18. The molecular formula is C29H30N4O5. The van der Waals surface area contributed by atoms with E-state index >= 15 is 0 Å². The van der Waals surface area contributed by atoms with Gasteiger partial charge in [-0.1, -0.05) is 48.0 Å². The van der Waals surface area contributed by atoms with E-state index in [0.717, 1.165) is 15.7 Å². The van der Waals surface area contributed by atoms with Crippen LogP contribution in [0.5, 0.6) is 5.75 Å². The first-order valence-corrected chi connectivity index (χ1v) is 12.3. The molecule has 0 aliphatic carbocycles. The number of carbonyl (C=O) groups is 2. The van der Waals surface area contributed by atoms with Crippen molar-refractivity contribution in [1.29, 1.82) is 0 Å². The fraction of sp³-hybridized carbons (Fsp3) is 0.241. The first-order chi connectivity index (χ1) is 18.4. The summed E-state index contributed by atoms with van der Waals surface area (Å²) in [4.78, 5) is 51.6. The third-order valence-electron chi connectivity index (χ3n) is 6.18. The molecule has 1 heterocycles. The van der Waals surface area contributed by atoms with Crippen LogP contribution in [-0.2, 0) is 29.2 Å². The third kappa shape index (κ3) is 6.36. The lowest BCUT2D eigenvalue weighted by Gasteiger charge is -2.14. The van der Waals surface area contributed by atoms with Crippen molar-refractivity contribution in [3.63, 3.8) is 0 Å². The van der Waals surface area contributed by atoms with Crippen molar-refractivity contribution in [1.82, 2.24) is 14.5 Å². The predicted octanol–water partition coefficient (Wildman–Crippen LogP) is 3.22. The quantitative estimate of drug-likeness (QED) is 0.338. The Hall–Kier alpha value is -4.66. The average molecular weight is 515 g/mol. The fourth-order valence-electron chi connectivity index (χ4n) is 4.16. The number of rotatable bonds is 10. The number of benzene rings is 3. The summed E-state index contributed by atoms with van der Waals surface area (Å²) in [6.07, 6.45) is 0.449. The standard InChI is InChI=1S/C29H30N4O5/c1-20-12-14-21(15-13-20)18-30-26(34)11-6-16-32-28(36)24-9-3-4-10-25(24)33(29(32)37)19-27(35)31-22-7-5-8-23(17-22)38-2/h3-5,7-10,12-15,17H,6,11,16,18-19H2,1-2H3,(H,30,34)(H,31,35). The van der Waals surface area contributed by atoms with Crippen molar-refractivity contribution >= 4 is 28.4 Å². The summed E-state index contributed by atoms with van der Waals surface area (Å²) in [6, 6.07) is 21.4. The Morgan fingerprint density at radius 1 is 0.895 bits per heavy atom. The number of ether oxygens (including phenoxy) is 1. The molecule has 0 atom stereocenters. The van der Waals surface area contributed by atoms with E-state index in [2.05, 4.69) is 10.6 Å². The molecule has 0 bridgehead atoms. The van der Waals surface area contributed by atoms with Gasteiger partial charge in [-0.15, -0.1) is 0 Å². The highest BCUT2D eigenvalue weighted by Gasteiger charge is 2.16. The van der Waals surface area contributed by atoms with Crippen LogP contribution in [0.1, 0.15) is 24.0 Å². The molecule has 38 heavy (non-hydrogen) atoms. The van der Waals surface area contributed by atoms with Crippen molar-refractivity contribution in [2.45, 2.75) is 39.4 Å². The lowest BCUT2D eigenvalue weighted by atomic mass is 10.1. The molecule has 0 spiro atoms. The number of hydrogen-bond acceptors (Lipinski definition) is 5. The molecule has 1 aromatic heterocycles. The molecule has 9 nitrogen and oxygen atoms in total. The normalized spacial score (nSPS) is 10.8. The minimum atomic E-state index is -0.602. The van der Waals surface area contributed by atoms with Crippen LogP contribution in [0, 0.1) is 6.92 Å². The summed E-state index contributed by atoms with van der Waals surface area (Å²) < 4.78 is 7.56. The zero-order valence-corrected chi connectivity index (χ0v) is 21.4. The van der Waals surface area contributed by atoms with E-state index in [1.807, 2.05) is 31.2 Å². The summed E-state index contributed by atoms with van der Waals surface area (Å²) >= 11 is 0. The number of hydrogen-bond donors (Lipinski definition) is 2. The molecule has 0 aliphatic heterocycles. The molecule has 0 fully saturated rings. The Labute approximate surface area is 219 Å². The minimum absolute atomic E-state index is 0.0535. The van der Waals surface area contributed by atoms with Crippen molar-refractivity contribution < 1.29 is 14.3 Å². The summed E-state index contributed by atoms with van der Waals surface area (Å²) in [5.41, 5.74) is 1.98. The maximum Gasteiger partial charge on any atom is 0.331 e. The molecule has 0 radical (unpaired) electrons. The maximum absolute atomic E-state index is 13.3. The summed E-state index contributed by atoms with van der Waals surface area (Å²) in [6.45, 7) is 2.17. The Morgan fingerprint density at radius 2 is 1.66 bits per heavy atom. The number of methoxy groups -OCH3 is 1. The first-order valence-electron chi connectivity index (χ1n) is 12.3. The highest BCUT2D eigenvalue weighted by molar-refractivity contribution is 5.91. The molecular weight excluding hydrogens is 484 g/mol. The Kier molecular flexibility index (Phi) is 8.37. The summed E-state index contributed by atoms with van der Waals surface area (Å²) in [5, 5.41) is 5.95. The molecule has 9 heteroatoms. The lowest BCUT2D eigenvalue weighted by molar-refractivity contribution is -0.121. The molecule has 196 valence electrons. The number of aryl methyl sites for hydroxylation is 1. The van der Waals surface area contributed by atoms with Gasteiger partial charge in [0.15, 0.2) is 0 Å². The fourth-order valence-corrected chi connectivity index (χ4v) is 4.16. The second-order valence-corrected chi connectivity index (χ2v) is 8.99. The highest BCUT2D eigenvalue weighted by atomic mass is 16.5. The molecule has 2 amide bonds. The molecule has 4 rings (SSSR count). The Balaban J connectivity index is 1.47. The van der Waals surface area contributed by atoms with E-state index < -0.39 is 17.2 Å². The zero-order chi connectivity index (χ0) is 27.1.